The van der Waals surface area contributed by atoms with Crippen LogP contribution >= 0.6 is 0 Å². The Morgan fingerprint density at radius 2 is 2.08 bits per heavy atom. The van der Waals surface area contributed by atoms with Gasteiger partial charge in [0.2, 0.25) is 5.88 Å². The Hall–Kier alpha value is -2.74. The van der Waals surface area contributed by atoms with Gasteiger partial charge >= 0.3 is 12.1 Å². The summed E-state index contributed by atoms with van der Waals surface area (Å²) < 4.78 is 10.5. The lowest BCUT2D eigenvalue weighted by Crippen LogP contribution is -2.43. The number of carbonyl (C=O) groups excluding carboxylic acids is 1. The van der Waals surface area contributed by atoms with Crippen molar-refractivity contribution in [2.45, 2.75) is 39.7 Å². The van der Waals surface area contributed by atoms with E-state index < -0.39 is 11.6 Å². The van der Waals surface area contributed by atoms with Crippen molar-refractivity contribution >= 4 is 6.09 Å². The normalized spacial score (nSPS) is 13.3. The molecule has 0 radical (unpaired) electrons. The minimum absolute atomic E-state index is 0.109. The van der Waals surface area contributed by atoms with E-state index in [1.54, 1.807) is 12.3 Å². The summed E-state index contributed by atoms with van der Waals surface area (Å²) in [5.41, 5.74) is 13.1. The molecule has 0 bridgehead atoms. The molecule has 0 aliphatic rings. The van der Waals surface area contributed by atoms with Crippen LogP contribution in [0.5, 0.6) is 11.9 Å². The summed E-state index contributed by atoms with van der Waals surface area (Å²) >= 11 is 0. The van der Waals surface area contributed by atoms with E-state index in [9.17, 15) is 4.79 Å². The first-order valence-corrected chi connectivity index (χ1v) is 8.35. The maximum absolute atomic E-state index is 10.8. The van der Waals surface area contributed by atoms with Crippen molar-refractivity contribution in [1.29, 1.82) is 0 Å². The third-order valence-corrected chi connectivity index (χ3v) is 3.61. The van der Waals surface area contributed by atoms with Crippen molar-refractivity contribution in [2.24, 2.45) is 17.4 Å². The second kappa shape index (κ2) is 8.09. The molecule has 26 heavy (non-hydrogen) atoms. The van der Waals surface area contributed by atoms with E-state index in [1.807, 2.05) is 19.9 Å². The van der Waals surface area contributed by atoms with Crippen LogP contribution < -0.4 is 20.9 Å². The molecule has 8 heteroatoms. The Morgan fingerprint density at radius 3 is 2.69 bits per heavy atom. The number of hydrogen-bond acceptors (Lipinski definition) is 7. The van der Waals surface area contributed by atoms with Gasteiger partial charge < -0.3 is 20.9 Å². The minimum atomic E-state index is -0.966. The molecule has 0 saturated heterocycles. The van der Waals surface area contributed by atoms with Crippen molar-refractivity contribution in [3.8, 4) is 23.1 Å². The van der Waals surface area contributed by atoms with E-state index in [2.05, 4.69) is 28.8 Å². The first-order chi connectivity index (χ1) is 12.2. The van der Waals surface area contributed by atoms with Crippen LogP contribution in [-0.4, -0.2) is 33.2 Å². The number of rotatable bonds is 7. The fraction of sp³-hybridized carbons (Fsp3) is 0.444. The predicted molar refractivity (Wildman–Crippen MR) is 97.8 cm³/mol. The zero-order chi connectivity index (χ0) is 19.3. The molecule has 0 aliphatic heterocycles. The van der Waals surface area contributed by atoms with Gasteiger partial charge in [0.15, 0.2) is 0 Å². The number of pyridine rings is 1. The molecule has 2 heterocycles. The summed E-state index contributed by atoms with van der Waals surface area (Å²) in [7, 11) is 0. The molecule has 2 rings (SSSR count). The molecule has 8 nitrogen and oxygen atoms in total. The van der Waals surface area contributed by atoms with Crippen molar-refractivity contribution in [3.05, 3.63) is 30.1 Å². The lowest BCUT2D eigenvalue weighted by molar-refractivity contribution is 0.200. The summed E-state index contributed by atoms with van der Waals surface area (Å²) in [6, 6.07) is 3.40. The van der Waals surface area contributed by atoms with Gasteiger partial charge in [0.05, 0.1) is 5.69 Å². The Kier molecular flexibility index (Phi) is 6.10. The van der Waals surface area contributed by atoms with Crippen molar-refractivity contribution in [1.82, 2.24) is 15.0 Å². The van der Waals surface area contributed by atoms with Crippen molar-refractivity contribution in [3.63, 3.8) is 0 Å². The third kappa shape index (κ3) is 5.66. The monoisotopic (exact) mass is 359 g/mol. The molecule has 0 aliphatic carbocycles. The molecule has 0 spiro atoms. The molecule has 2 aromatic rings. The molecule has 4 N–H and O–H groups in total. The maximum Gasteiger partial charge on any atom is 0.412 e. The van der Waals surface area contributed by atoms with Gasteiger partial charge in [0.1, 0.15) is 6.61 Å². The van der Waals surface area contributed by atoms with Crippen LogP contribution in [0.4, 0.5) is 4.79 Å². The third-order valence-electron chi connectivity index (χ3n) is 3.61. The number of nitrogens with two attached hydrogens (primary N) is 2. The number of nitrogens with zero attached hydrogens (tertiary/aromatic N) is 3. The van der Waals surface area contributed by atoms with E-state index in [1.165, 1.54) is 6.20 Å². The van der Waals surface area contributed by atoms with Crippen LogP contribution in [0.2, 0.25) is 0 Å². The number of aromatic nitrogens is 3. The topological polar surface area (TPSA) is 126 Å². The highest BCUT2D eigenvalue weighted by atomic mass is 16.6. The lowest BCUT2D eigenvalue weighted by Gasteiger charge is -2.26. The second-order valence-corrected chi connectivity index (χ2v) is 7.02. The number of carbonyl (C=O) groups is 1. The van der Waals surface area contributed by atoms with Gasteiger partial charge in [-0.05, 0) is 37.8 Å². The molecule has 1 atom stereocenters. The van der Waals surface area contributed by atoms with Gasteiger partial charge in [-0.15, -0.1) is 0 Å². The highest BCUT2D eigenvalue weighted by Crippen LogP contribution is 2.25. The summed E-state index contributed by atoms with van der Waals surface area (Å²) in [5, 5.41) is 0. The summed E-state index contributed by atoms with van der Waals surface area (Å²) in [6.07, 6.45) is 3.02. The number of ether oxygens (including phenoxy) is 2. The summed E-state index contributed by atoms with van der Waals surface area (Å²) in [4.78, 5) is 23.1. The molecule has 2 aromatic heterocycles. The Bertz CT molecular complexity index is 777. The molecular weight excluding hydrogens is 334 g/mol. The van der Waals surface area contributed by atoms with Crippen LogP contribution in [0.3, 0.4) is 0 Å². The second-order valence-electron chi connectivity index (χ2n) is 7.02. The maximum atomic E-state index is 10.8. The fourth-order valence-corrected chi connectivity index (χ4v) is 2.74. The van der Waals surface area contributed by atoms with Gasteiger partial charge in [-0.2, -0.15) is 4.98 Å². The summed E-state index contributed by atoms with van der Waals surface area (Å²) in [6.45, 7) is 8.51. The van der Waals surface area contributed by atoms with E-state index in [0.29, 0.717) is 24.1 Å². The fourth-order valence-electron chi connectivity index (χ4n) is 2.74. The average molecular weight is 359 g/mol. The number of aryl methyl sites for hydroxylation is 1. The smallest absolute Gasteiger partial charge is 0.412 e. The van der Waals surface area contributed by atoms with Crippen LogP contribution in [0.25, 0.3) is 11.3 Å². The standard InChI is InChI=1S/C18H25N5O3/c1-11(2)8-18(4,20)10-25-15-7-12(3)13(9-22-15)14-5-6-21-17(23-14)26-16(19)24/h5-7,9,11H,8,10,20H2,1-4H3,(H2,19,24)/t18-/m0/s1. The number of primary amides is 1. The van der Waals surface area contributed by atoms with Gasteiger partial charge in [0.25, 0.3) is 0 Å². The van der Waals surface area contributed by atoms with E-state index in [4.69, 9.17) is 20.9 Å². The first kappa shape index (κ1) is 19.6. The largest absolute Gasteiger partial charge is 0.476 e. The highest BCUT2D eigenvalue weighted by Gasteiger charge is 2.21. The SMILES string of the molecule is Cc1cc(OC[C@@](C)(N)CC(C)C)ncc1-c1ccnc(OC(N)=O)n1. The molecule has 0 aromatic carbocycles. The van der Waals surface area contributed by atoms with E-state index in [-0.39, 0.29) is 6.01 Å². The Labute approximate surface area is 153 Å². The Balaban J connectivity index is 2.13. The van der Waals surface area contributed by atoms with Crippen LogP contribution in [-0.2, 0) is 0 Å². The van der Waals surface area contributed by atoms with Crippen molar-refractivity contribution in [2.75, 3.05) is 6.61 Å². The zero-order valence-corrected chi connectivity index (χ0v) is 15.5. The van der Waals surface area contributed by atoms with Gasteiger partial charge in [0, 0.05) is 29.6 Å². The van der Waals surface area contributed by atoms with Gasteiger partial charge in [-0.3, -0.25) is 0 Å². The molecule has 0 fully saturated rings. The minimum Gasteiger partial charge on any atom is -0.476 e. The van der Waals surface area contributed by atoms with Gasteiger partial charge in [-0.25, -0.2) is 14.8 Å². The predicted octanol–water partition coefficient (Wildman–Crippen LogP) is 2.45. The van der Waals surface area contributed by atoms with E-state index in [0.717, 1.165) is 17.5 Å². The highest BCUT2D eigenvalue weighted by molar-refractivity contribution is 5.68. The van der Waals surface area contributed by atoms with E-state index >= 15 is 0 Å². The molecule has 140 valence electrons. The van der Waals surface area contributed by atoms with Crippen LogP contribution in [0, 0.1) is 12.8 Å². The van der Waals surface area contributed by atoms with Crippen LogP contribution in [0.15, 0.2) is 24.5 Å². The summed E-state index contributed by atoms with van der Waals surface area (Å²) in [5.74, 6) is 0.981. The molecular formula is C18H25N5O3. The quantitative estimate of drug-likeness (QED) is 0.777. The molecule has 0 saturated carbocycles. The Morgan fingerprint density at radius 1 is 1.35 bits per heavy atom. The van der Waals surface area contributed by atoms with Crippen LogP contribution in [0.1, 0.15) is 32.8 Å². The average Bonchev–Trinajstić information content (AvgIpc) is 2.51. The molecule has 1 amide bonds. The number of hydrogen-bond donors (Lipinski definition) is 2. The lowest BCUT2D eigenvalue weighted by atomic mass is 9.93. The van der Waals surface area contributed by atoms with Gasteiger partial charge in [-0.1, -0.05) is 13.8 Å². The first-order valence-electron chi connectivity index (χ1n) is 8.35. The number of amides is 1. The zero-order valence-electron chi connectivity index (χ0n) is 15.5. The molecule has 0 unspecified atom stereocenters. The van der Waals surface area contributed by atoms with Crippen molar-refractivity contribution < 1.29 is 14.3 Å².